The minimum absolute atomic E-state index is 0.00590. The average molecular weight is 262 g/mol. The van der Waals surface area contributed by atoms with Crippen LogP contribution in [-0.2, 0) is 6.42 Å². The molecule has 2 heteroatoms. The lowest BCUT2D eigenvalue weighted by molar-refractivity contribution is 0.0425. The van der Waals surface area contributed by atoms with E-state index in [0.29, 0.717) is 12.6 Å². The summed E-state index contributed by atoms with van der Waals surface area (Å²) in [5.41, 5.74) is 7.69. The van der Waals surface area contributed by atoms with Crippen LogP contribution in [0.4, 0.5) is 0 Å². The molecule has 2 atom stereocenters. The van der Waals surface area contributed by atoms with Gasteiger partial charge in [0.1, 0.15) is 0 Å². The van der Waals surface area contributed by atoms with Crippen molar-refractivity contribution < 1.29 is 0 Å². The lowest BCUT2D eigenvalue weighted by Gasteiger charge is -2.46. The van der Waals surface area contributed by atoms with Gasteiger partial charge in [0.2, 0.25) is 0 Å². The van der Waals surface area contributed by atoms with Crippen LogP contribution >= 0.6 is 0 Å². The van der Waals surface area contributed by atoms with Crippen LogP contribution in [-0.4, -0.2) is 30.1 Å². The van der Waals surface area contributed by atoms with Crippen LogP contribution in [0.1, 0.15) is 40.2 Å². The van der Waals surface area contributed by atoms with Crippen molar-refractivity contribution in [2.45, 2.75) is 52.6 Å². The van der Waals surface area contributed by atoms with Crippen molar-refractivity contribution >= 4 is 0 Å². The van der Waals surface area contributed by atoms with Gasteiger partial charge in [-0.2, -0.15) is 0 Å². The molecule has 2 unspecified atom stereocenters. The molecule has 1 aromatic rings. The van der Waals surface area contributed by atoms with Gasteiger partial charge in [-0.25, -0.2) is 0 Å². The van der Waals surface area contributed by atoms with Crippen LogP contribution in [0.3, 0.4) is 0 Å². The van der Waals surface area contributed by atoms with Crippen molar-refractivity contribution in [1.82, 2.24) is 4.90 Å². The van der Waals surface area contributed by atoms with Crippen LogP contribution in [0, 0.1) is 5.41 Å². The molecule has 0 radical (unpaired) electrons. The first-order chi connectivity index (χ1) is 8.70. The summed E-state index contributed by atoms with van der Waals surface area (Å²) in [7, 11) is 2.20. The number of hydrogen-bond donors (Lipinski definition) is 1. The van der Waals surface area contributed by atoms with Crippen molar-refractivity contribution in [2.24, 2.45) is 11.1 Å². The fourth-order valence-electron chi connectivity index (χ4n) is 2.42. The number of benzene rings is 1. The molecule has 0 bridgehead atoms. The molecular formula is C17H30N2. The molecule has 0 saturated heterocycles. The first-order valence-electron chi connectivity index (χ1n) is 7.17. The maximum Gasteiger partial charge on any atom is 0.0343 e. The molecule has 0 spiro atoms. The summed E-state index contributed by atoms with van der Waals surface area (Å²) in [4.78, 5) is 2.44. The number of nitrogens with zero attached hydrogens (tertiary/aromatic N) is 1. The van der Waals surface area contributed by atoms with Crippen LogP contribution in [0.5, 0.6) is 0 Å². The largest absolute Gasteiger partial charge is 0.329 e. The Kier molecular flexibility index (Phi) is 5.17. The minimum atomic E-state index is -0.00590. The summed E-state index contributed by atoms with van der Waals surface area (Å²) in [5, 5.41) is 0. The van der Waals surface area contributed by atoms with E-state index in [1.54, 1.807) is 0 Å². The van der Waals surface area contributed by atoms with Gasteiger partial charge in [-0.1, -0.05) is 51.1 Å². The summed E-state index contributed by atoms with van der Waals surface area (Å²) in [5.74, 6) is 0. The third kappa shape index (κ3) is 4.05. The monoisotopic (exact) mass is 262 g/mol. The summed E-state index contributed by atoms with van der Waals surface area (Å²) in [6, 6.07) is 11.1. The molecule has 1 aromatic carbocycles. The lowest BCUT2D eigenvalue weighted by atomic mass is 9.82. The smallest absolute Gasteiger partial charge is 0.0343 e. The van der Waals surface area contributed by atoms with E-state index in [2.05, 4.69) is 76.9 Å². The molecule has 0 aliphatic rings. The minimum Gasteiger partial charge on any atom is -0.329 e. The Morgan fingerprint density at radius 3 is 2.05 bits per heavy atom. The maximum absolute atomic E-state index is 6.10. The fraction of sp³-hybridized carbons (Fsp3) is 0.647. The van der Waals surface area contributed by atoms with Crippen molar-refractivity contribution in [3.8, 4) is 0 Å². The molecule has 1 rings (SSSR count). The predicted octanol–water partition coefficient (Wildman–Crippen LogP) is 3.31. The zero-order valence-corrected chi connectivity index (χ0v) is 13.4. The van der Waals surface area contributed by atoms with E-state index in [0.717, 1.165) is 6.42 Å². The van der Waals surface area contributed by atoms with Crippen molar-refractivity contribution in [2.75, 3.05) is 13.6 Å². The van der Waals surface area contributed by atoms with Crippen LogP contribution in [0.2, 0.25) is 0 Å². The quantitative estimate of drug-likeness (QED) is 0.882. The molecule has 0 aliphatic carbocycles. The molecule has 0 heterocycles. The van der Waals surface area contributed by atoms with E-state index in [1.165, 1.54) is 5.56 Å². The summed E-state index contributed by atoms with van der Waals surface area (Å²) < 4.78 is 0. The highest BCUT2D eigenvalue weighted by molar-refractivity contribution is 5.18. The van der Waals surface area contributed by atoms with Crippen LogP contribution < -0.4 is 5.73 Å². The van der Waals surface area contributed by atoms with Gasteiger partial charge in [0, 0.05) is 18.1 Å². The van der Waals surface area contributed by atoms with E-state index in [1.807, 2.05) is 0 Å². The van der Waals surface area contributed by atoms with Crippen molar-refractivity contribution in [3.63, 3.8) is 0 Å². The first-order valence-corrected chi connectivity index (χ1v) is 7.17. The number of nitrogens with two attached hydrogens (primary N) is 1. The Labute approximate surface area is 119 Å². The normalized spacial score (nSPS) is 17.3. The van der Waals surface area contributed by atoms with Gasteiger partial charge in [-0.3, -0.25) is 4.90 Å². The van der Waals surface area contributed by atoms with E-state index in [9.17, 15) is 0 Å². The zero-order chi connectivity index (χ0) is 14.7. The standard InChI is InChI=1S/C17H30N2/c1-14(16(2,3)4)19(6)17(5,13-18)12-15-10-8-7-9-11-15/h7-11,14H,12-13,18H2,1-6H3. The Balaban J connectivity index is 2.91. The van der Waals surface area contributed by atoms with E-state index in [-0.39, 0.29) is 11.0 Å². The molecule has 0 amide bonds. The third-order valence-electron chi connectivity index (χ3n) is 4.55. The van der Waals surface area contributed by atoms with Gasteiger partial charge < -0.3 is 5.73 Å². The Hall–Kier alpha value is -0.860. The highest BCUT2D eigenvalue weighted by Crippen LogP contribution is 2.29. The second-order valence-electron chi connectivity index (χ2n) is 7.02. The van der Waals surface area contributed by atoms with Crippen LogP contribution in [0.25, 0.3) is 0 Å². The van der Waals surface area contributed by atoms with E-state index < -0.39 is 0 Å². The highest BCUT2D eigenvalue weighted by atomic mass is 15.2. The summed E-state index contributed by atoms with van der Waals surface area (Å²) in [6.45, 7) is 12.1. The molecule has 0 aromatic heterocycles. The van der Waals surface area contributed by atoms with E-state index in [4.69, 9.17) is 5.73 Å². The number of rotatable bonds is 5. The molecule has 2 N–H and O–H groups in total. The molecule has 19 heavy (non-hydrogen) atoms. The van der Waals surface area contributed by atoms with Crippen molar-refractivity contribution in [3.05, 3.63) is 35.9 Å². The Morgan fingerprint density at radius 2 is 1.63 bits per heavy atom. The molecule has 0 fully saturated rings. The topological polar surface area (TPSA) is 29.3 Å². The van der Waals surface area contributed by atoms with E-state index >= 15 is 0 Å². The second kappa shape index (κ2) is 6.06. The van der Waals surface area contributed by atoms with Gasteiger partial charge >= 0.3 is 0 Å². The molecule has 2 nitrogen and oxygen atoms in total. The lowest BCUT2D eigenvalue weighted by Crippen LogP contribution is -2.57. The molecule has 0 aliphatic heterocycles. The van der Waals surface area contributed by atoms with Crippen molar-refractivity contribution in [1.29, 1.82) is 0 Å². The Bertz CT molecular complexity index is 380. The van der Waals surface area contributed by atoms with Gasteiger partial charge in [-0.15, -0.1) is 0 Å². The molecular weight excluding hydrogens is 232 g/mol. The SMILES string of the molecule is CC(N(C)C(C)(CN)Cc1ccccc1)C(C)(C)C. The third-order valence-corrected chi connectivity index (χ3v) is 4.55. The van der Waals surface area contributed by atoms with Crippen LogP contribution in [0.15, 0.2) is 30.3 Å². The first kappa shape index (κ1) is 16.2. The van der Waals surface area contributed by atoms with Gasteiger partial charge in [-0.05, 0) is 38.3 Å². The fourth-order valence-corrected chi connectivity index (χ4v) is 2.42. The van der Waals surface area contributed by atoms with Gasteiger partial charge in [0.05, 0.1) is 0 Å². The highest BCUT2D eigenvalue weighted by Gasteiger charge is 2.35. The van der Waals surface area contributed by atoms with Gasteiger partial charge in [0.25, 0.3) is 0 Å². The second-order valence-corrected chi connectivity index (χ2v) is 7.02. The number of hydrogen-bond acceptors (Lipinski definition) is 2. The number of likely N-dealkylation sites (N-methyl/N-ethyl adjacent to an activating group) is 1. The molecule has 108 valence electrons. The summed E-state index contributed by atoms with van der Waals surface area (Å²) >= 11 is 0. The Morgan fingerprint density at radius 1 is 1.11 bits per heavy atom. The zero-order valence-electron chi connectivity index (χ0n) is 13.4. The average Bonchev–Trinajstić information content (AvgIpc) is 2.37. The maximum atomic E-state index is 6.10. The summed E-state index contributed by atoms with van der Waals surface area (Å²) in [6.07, 6.45) is 0.987. The van der Waals surface area contributed by atoms with Gasteiger partial charge in [0.15, 0.2) is 0 Å². The predicted molar refractivity (Wildman–Crippen MR) is 84.3 cm³/mol. The molecule has 0 saturated carbocycles.